The minimum Gasteiger partial charge on any atom is -0.357 e. The van der Waals surface area contributed by atoms with E-state index >= 15 is 0 Å². The lowest BCUT2D eigenvalue weighted by Crippen LogP contribution is -2.22. The third-order valence-electron chi connectivity index (χ3n) is 3.59. The van der Waals surface area contributed by atoms with E-state index in [0.717, 1.165) is 16.4 Å². The van der Waals surface area contributed by atoms with Crippen LogP contribution in [0.2, 0.25) is 0 Å². The molecule has 4 nitrogen and oxygen atoms in total. The van der Waals surface area contributed by atoms with E-state index in [2.05, 4.69) is 27.8 Å². The summed E-state index contributed by atoms with van der Waals surface area (Å²) in [6.07, 6.45) is 0. The van der Waals surface area contributed by atoms with E-state index in [9.17, 15) is 4.79 Å². The van der Waals surface area contributed by atoms with Gasteiger partial charge in [-0.25, -0.2) is 4.98 Å². The molecule has 0 bridgehead atoms. The van der Waals surface area contributed by atoms with Gasteiger partial charge in [0.05, 0.1) is 5.69 Å². The maximum absolute atomic E-state index is 12.4. The van der Waals surface area contributed by atoms with Crippen molar-refractivity contribution in [1.29, 1.82) is 0 Å². The van der Waals surface area contributed by atoms with E-state index in [1.54, 1.807) is 0 Å². The molecule has 1 amide bonds. The Morgan fingerprint density at radius 1 is 0.958 bits per heavy atom. The number of rotatable bonds is 6. The first-order valence-corrected chi connectivity index (χ1v) is 8.61. The summed E-state index contributed by atoms with van der Waals surface area (Å²) in [6.45, 7) is 3.07. The first kappa shape index (κ1) is 16.2. The van der Waals surface area contributed by atoms with Crippen LogP contribution < -0.4 is 10.6 Å². The fraction of sp³-hybridized carbons (Fsp3) is 0.158. The van der Waals surface area contributed by atoms with E-state index in [1.807, 2.05) is 55.5 Å². The molecule has 0 spiro atoms. The maximum atomic E-state index is 12.4. The molecule has 5 heteroatoms. The predicted molar refractivity (Wildman–Crippen MR) is 98.2 cm³/mol. The molecule has 0 atom stereocenters. The van der Waals surface area contributed by atoms with Crippen LogP contribution >= 0.6 is 11.3 Å². The van der Waals surface area contributed by atoms with Gasteiger partial charge in [-0.1, -0.05) is 72.0 Å². The van der Waals surface area contributed by atoms with Gasteiger partial charge in [-0.2, -0.15) is 0 Å². The van der Waals surface area contributed by atoms with E-state index in [-0.39, 0.29) is 5.91 Å². The van der Waals surface area contributed by atoms with Crippen molar-refractivity contribution in [2.75, 3.05) is 5.32 Å². The highest BCUT2D eigenvalue weighted by Gasteiger charge is 2.15. The van der Waals surface area contributed by atoms with E-state index in [0.29, 0.717) is 18.0 Å². The molecule has 2 aromatic carbocycles. The molecule has 0 aliphatic carbocycles. The number of hydrogen-bond donors (Lipinski definition) is 2. The Morgan fingerprint density at radius 3 is 2.17 bits per heavy atom. The molecular formula is C19H19N3OS. The number of carbonyl (C=O) groups excluding carboxylic acids is 1. The van der Waals surface area contributed by atoms with Gasteiger partial charge in [0.25, 0.3) is 5.91 Å². The number of nitrogens with zero attached hydrogens (tertiary/aromatic N) is 1. The molecule has 0 unspecified atom stereocenters. The molecule has 24 heavy (non-hydrogen) atoms. The lowest BCUT2D eigenvalue weighted by molar-refractivity contribution is 0.0954. The topological polar surface area (TPSA) is 54.0 Å². The van der Waals surface area contributed by atoms with Crippen LogP contribution in [0.25, 0.3) is 0 Å². The molecule has 0 aliphatic rings. The Hall–Kier alpha value is -2.66. The van der Waals surface area contributed by atoms with Crippen molar-refractivity contribution in [3.63, 3.8) is 0 Å². The highest BCUT2D eigenvalue weighted by Crippen LogP contribution is 2.23. The summed E-state index contributed by atoms with van der Waals surface area (Å²) in [7, 11) is 0. The number of hydrogen-bond acceptors (Lipinski definition) is 4. The number of benzene rings is 2. The van der Waals surface area contributed by atoms with Crippen molar-refractivity contribution in [3.8, 4) is 0 Å². The number of anilines is 1. The van der Waals surface area contributed by atoms with Crippen LogP contribution in [-0.2, 0) is 13.1 Å². The number of amides is 1. The maximum Gasteiger partial charge on any atom is 0.263 e. The lowest BCUT2D eigenvalue weighted by Gasteiger charge is -2.04. The van der Waals surface area contributed by atoms with Crippen molar-refractivity contribution in [1.82, 2.24) is 10.3 Å². The number of thiazole rings is 1. The van der Waals surface area contributed by atoms with Crippen molar-refractivity contribution in [2.24, 2.45) is 0 Å². The van der Waals surface area contributed by atoms with Crippen LogP contribution in [0, 0.1) is 6.92 Å². The number of aromatic nitrogens is 1. The average molecular weight is 337 g/mol. The fourth-order valence-electron chi connectivity index (χ4n) is 2.31. The fourth-order valence-corrected chi connectivity index (χ4v) is 3.19. The Balaban J connectivity index is 1.59. The second-order valence-corrected chi connectivity index (χ2v) is 6.44. The molecule has 1 heterocycles. The largest absolute Gasteiger partial charge is 0.357 e. The summed E-state index contributed by atoms with van der Waals surface area (Å²) < 4.78 is 0. The first-order chi connectivity index (χ1) is 11.7. The Bertz CT molecular complexity index is 800. The highest BCUT2D eigenvalue weighted by molar-refractivity contribution is 7.17. The summed E-state index contributed by atoms with van der Waals surface area (Å²) in [5.41, 5.74) is 3.01. The third-order valence-corrected chi connectivity index (χ3v) is 4.70. The van der Waals surface area contributed by atoms with E-state index in [4.69, 9.17) is 0 Å². The second-order valence-electron chi connectivity index (χ2n) is 5.44. The van der Waals surface area contributed by atoms with Gasteiger partial charge in [0.1, 0.15) is 4.88 Å². The molecule has 2 N–H and O–H groups in total. The number of carbonyl (C=O) groups is 1. The Labute approximate surface area is 145 Å². The van der Waals surface area contributed by atoms with Gasteiger partial charge in [0, 0.05) is 13.1 Å². The SMILES string of the molecule is Cc1nc(NCc2ccccc2)sc1C(=O)NCc1ccccc1. The van der Waals surface area contributed by atoms with Gasteiger partial charge in [0.15, 0.2) is 5.13 Å². The number of aryl methyl sites for hydroxylation is 1. The quantitative estimate of drug-likeness (QED) is 0.715. The smallest absolute Gasteiger partial charge is 0.263 e. The van der Waals surface area contributed by atoms with E-state index < -0.39 is 0 Å². The Morgan fingerprint density at radius 2 is 1.54 bits per heavy atom. The normalized spacial score (nSPS) is 10.4. The Kier molecular flexibility index (Phi) is 5.23. The minimum absolute atomic E-state index is 0.0818. The molecule has 0 saturated heterocycles. The van der Waals surface area contributed by atoms with Crippen molar-refractivity contribution in [3.05, 3.63) is 82.4 Å². The summed E-state index contributed by atoms with van der Waals surface area (Å²) in [4.78, 5) is 17.5. The molecule has 3 aromatic rings. The summed E-state index contributed by atoms with van der Waals surface area (Å²) in [5.74, 6) is -0.0818. The van der Waals surface area contributed by atoms with Crippen LogP contribution in [0.15, 0.2) is 60.7 Å². The molecule has 0 saturated carbocycles. The summed E-state index contributed by atoms with van der Waals surface area (Å²) in [6, 6.07) is 20.0. The zero-order valence-electron chi connectivity index (χ0n) is 13.5. The third kappa shape index (κ3) is 4.20. The first-order valence-electron chi connectivity index (χ1n) is 7.80. The van der Waals surface area contributed by atoms with Gasteiger partial charge < -0.3 is 10.6 Å². The van der Waals surface area contributed by atoms with Crippen LogP contribution in [0.1, 0.15) is 26.5 Å². The molecular weight excluding hydrogens is 318 g/mol. The van der Waals surface area contributed by atoms with Gasteiger partial charge in [0.2, 0.25) is 0 Å². The van der Waals surface area contributed by atoms with Crippen molar-refractivity contribution >= 4 is 22.4 Å². The molecule has 3 rings (SSSR count). The van der Waals surface area contributed by atoms with Gasteiger partial charge >= 0.3 is 0 Å². The molecule has 0 radical (unpaired) electrons. The van der Waals surface area contributed by atoms with Gasteiger partial charge in [-0.3, -0.25) is 4.79 Å². The highest BCUT2D eigenvalue weighted by atomic mass is 32.1. The standard InChI is InChI=1S/C19H19N3OS/c1-14-17(18(23)20-12-15-8-4-2-5-9-15)24-19(22-14)21-13-16-10-6-3-7-11-16/h2-11H,12-13H2,1H3,(H,20,23)(H,21,22). The predicted octanol–water partition coefficient (Wildman–Crippen LogP) is 3.99. The monoisotopic (exact) mass is 337 g/mol. The molecule has 0 fully saturated rings. The van der Waals surface area contributed by atoms with Crippen LogP contribution in [-0.4, -0.2) is 10.9 Å². The van der Waals surface area contributed by atoms with Gasteiger partial charge in [-0.05, 0) is 18.1 Å². The molecule has 0 aliphatic heterocycles. The summed E-state index contributed by atoms with van der Waals surface area (Å²) in [5, 5.41) is 6.99. The second kappa shape index (κ2) is 7.75. The number of nitrogens with one attached hydrogen (secondary N) is 2. The zero-order chi connectivity index (χ0) is 16.8. The van der Waals surface area contributed by atoms with Crippen molar-refractivity contribution < 1.29 is 4.79 Å². The van der Waals surface area contributed by atoms with Crippen LogP contribution in [0.3, 0.4) is 0 Å². The minimum atomic E-state index is -0.0818. The summed E-state index contributed by atoms with van der Waals surface area (Å²) >= 11 is 1.39. The lowest BCUT2D eigenvalue weighted by atomic mass is 10.2. The zero-order valence-corrected chi connectivity index (χ0v) is 14.3. The van der Waals surface area contributed by atoms with E-state index in [1.165, 1.54) is 16.9 Å². The van der Waals surface area contributed by atoms with Crippen molar-refractivity contribution in [2.45, 2.75) is 20.0 Å². The van der Waals surface area contributed by atoms with Crippen LogP contribution in [0.5, 0.6) is 0 Å². The van der Waals surface area contributed by atoms with Gasteiger partial charge in [-0.15, -0.1) is 0 Å². The molecule has 122 valence electrons. The molecule has 1 aromatic heterocycles. The average Bonchev–Trinajstić information content (AvgIpc) is 3.00. The van der Waals surface area contributed by atoms with Crippen LogP contribution in [0.4, 0.5) is 5.13 Å².